The van der Waals surface area contributed by atoms with E-state index in [4.69, 9.17) is 0 Å². The quantitative estimate of drug-likeness (QED) is 0.773. The van der Waals surface area contributed by atoms with Crippen LogP contribution in [0.2, 0.25) is 0 Å². The topological polar surface area (TPSA) is 64.7 Å². The van der Waals surface area contributed by atoms with Crippen LogP contribution < -0.4 is 15.5 Å². The standard InChI is InChI=1S/C16H23FN4O2/c1-20(13-6-3-5-12(17)11-13)9-4-8-18-16(23)19-14-7-10-21(2)15(14)22/h3,5-6,11,14H,4,7-10H2,1-2H3,(H2,18,19,23). The monoisotopic (exact) mass is 322 g/mol. The van der Waals surface area contributed by atoms with Gasteiger partial charge in [-0.05, 0) is 31.0 Å². The number of amides is 3. The molecular formula is C16H23FN4O2. The number of nitrogens with one attached hydrogen (secondary N) is 2. The van der Waals surface area contributed by atoms with Crippen LogP contribution in [-0.2, 0) is 4.79 Å². The van der Waals surface area contributed by atoms with Gasteiger partial charge in [0, 0.05) is 39.4 Å². The first-order valence-corrected chi connectivity index (χ1v) is 7.73. The minimum absolute atomic E-state index is 0.0500. The normalized spacial score (nSPS) is 17.3. The first-order valence-electron chi connectivity index (χ1n) is 7.73. The first kappa shape index (κ1) is 17.1. The van der Waals surface area contributed by atoms with Crippen molar-refractivity contribution in [3.05, 3.63) is 30.1 Å². The minimum atomic E-state index is -0.421. The number of nitrogens with zero attached hydrogens (tertiary/aromatic N) is 2. The second-order valence-electron chi connectivity index (χ2n) is 5.76. The van der Waals surface area contributed by atoms with Crippen LogP contribution in [0.3, 0.4) is 0 Å². The lowest BCUT2D eigenvalue weighted by Crippen LogP contribution is -2.46. The molecule has 0 spiro atoms. The number of anilines is 1. The first-order chi connectivity index (χ1) is 11.0. The molecule has 1 aliphatic heterocycles. The zero-order chi connectivity index (χ0) is 16.8. The molecule has 0 bridgehead atoms. The molecule has 126 valence electrons. The number of urea groups is 1. The van der Waals surface area contributed by atoms with E-state index in [1.807, 2.05) is 18.0 Å². The smallest absolute Gasteiger partial charge is 0.315 e. The molecule has 1 heterocycles. The largest absolute Gasteiger partial charge is 0.374 e. The predicted octanol–water partition coefficient (Wildman–Crippen LogP) is 1.18. The molecule has 0 aliphatic carbocycles. The van der Waals surface area contributed by atoms with E-state index in [9.17, 15) is 14.0 Å². The zero-order valence-corrected chi connectivity index (χ0v) is 13.5. The van der Waals surface area contributed by atoms with E-state index in [0.717, 1.165) is 12.1 Å². The zero-order valence-electron chi connectivity index (χ0n) is 13.5. The SMILES string of the molecule is CN1CCC(NC(=O)NCCCN(C)c2cccc(F)c2)C1=O. The van der Waals surface area contributed by atoms with Gasteiger partial charge in [0.05, 0.1) is 0 Å². The lowest BCUT2D eigenvalue weighted by atomic mass is 10.2. The van der Waals surface area contributed by atoms with Crippen molar-refractivity contribution in [3.63, 3.8) is 0 Å². The van der Waals surface area contributed by atoms with E-state index < -0.39 is 6.04 Å². The van der Waals surface area contributed by atoms with E-state index in [2.05, 4.69) is 10.6 Å². The van der Waals surface area contributed by atoms with E-state index in [1.165, 1.54) is 12.1 Å². The van der Waals surface area contributed by atoms with Crippen LogP contribution in [-0.4, -0.2) is 56.6 Å². The van der Waals surface area contributed by atoms with Gasteiger partial charge in [-0.25, -0.2) is 9.18 Å². The number of carbonyl (C=O) groups is 2. The summed E-state index contributed by atoms with van der Waals surface area (Å²) in [6, 6.07) is 5.64. The summed E-state index contributed by atoms with van der Waals surface area (Å²) in [5.74, 6) is -0.316. The maximum Gasteiger partial charge on any atom is 0.315 e. The van der Waals surface area contributed by atoms with Crippen LogP contribution in [0.4, 0.5) is 14.9 Å². The van der Waals surface area contributed by atoms with Crippen molar-refractivity contribution >= 4 is 17.6 Å². The van der Waals surface area contributed by atoms with Crippen molar-refractivity contribution in [1.82, 2.24) is 15.5 Å². The van der Waals surface area contributed by atoms with Gasteiger partial charge in [0.1, 0.15) is 11.9 Å². The Kier molecular flexibility index (Phi) is 5.78. The van der Waals surface area contributed by atoms with Crippen molar-refractivity contribution in [2.24, 2.45) is 0 Å². The summed E-state index contributed by atoms with van der Waals surface area (Å²) in [5, 5.41) is 5.42. The molecule has 1 aliphatic rings. The van der Waals surface area contributed by atoms with Gasteiger partial charge >= 0.3 is 6.03 Å². The average Bonchev–Trinajstić information content (AvgIpc) is 2.83. The summed E-state index contributed by atoms with van der Waals surface area (Å²) < 4.78 is 13.2. The molecule has 2 N–H and O–H groups in total. The third-order valence-electron chi connectivity index (χ3n) is 3.94. The summed E-state index contributed by atoms with van der Waals surface area (Å²) in [7, 11) is 3.60. The van der Waals surface area contributed by atoms with Gasteiger partial charge in [0.15, 0.2) is 0 Å². The molecule has 1 saturated heterocycles. The van der Waals surface area contributed by atoms with Gasteiger partial charge in [-0.15, -0.1) is 0 Å². The Bertz CT molecular complexity index is 567. The van der Waals surface area contributed by atoms with E-state index in [1.54, 1.807) is 18.0 Å². The highest BCUT2D eigenvalue weighted by molar-refractivity contribution is 5.88. The fourth-order valence-corrected chi connectivity index (χ4v) is 2.53. The highest BCUT2D eigenvalue weighted by Gasteiger charge is 2.29. The van der Waals surface area contributed by atoms with Crippen LogP contribution in [0.5, 0.6) is 0 Å². The third kappa shape index (κ3) is 4.84. The van der Waals surface area contributed by atoms with Crippen LogP contribution in [0, 0.1) is 5.82 Å². The number of rotatable bonds is 6. The summed E-state index contributed by atoms with van der Waals surface area (Å²) in [6.45, 7) is 1.85. The number of hydrogen-bond donors (Lipinski definition) is 2. The number of likely N-dealkylation sites (N-methyl/N-ethyl adjacent to an activating group) is 1. The molecule has 6 nitrogen and oxygen atoms in total. The molecule has 1 unspecified atom stereocenters. The molecule has 1 aromatic rings. The molecule has 0 saturated carbocycles. The highest BCUT2D eigenvalue weighted by atomic mass is 19.1. The predicted molar refractivity (Wildman–Crippen MR) is 86.9 cm³/mol. The Morgan fingerprint density at radius 3 is 2.91 bits per heavy atom. The molecule has 7 heteroatoms. The average molecular weight is 322 g/mol. The van der Waals surface area contributed by atoms with Gasteiger partial charge in [0.2, 0.25) is 5.91 Å². The van der Waals surface area contributed by atoms with Crippen molar-refractivity contribution < 1.29 is 14.0 Å². The second kappa shape index (κ2) is 7.80. The Morgan fingerprint density at radius 1 is 1.48 bits per heavy atom. The summed E-state index contributed by atoms with van der Waals surface area (Å²) in [6.07, 6.45) is 1.37. The van der Waals surface area contributed by atoms with Crippen molar-refractivity contribution in [2.45, 2.75) is 18.9 Å². The summed E-state index contributed by atoms with van der Waals surface area (Å²) >= 11 is 0. The molecule has 3 amide bonds. The molecule has 1 aromatic carbocycles. The minimum Gasteiger partial charge on any atom is -0.374 e. The highest BCUT2D eigenvalue weighted by Crippen LogP contribution is 2.13. The lowest BCUT2D eigenvalue weighted by molar-refractivity contribution is -0.128. The van der Waals surface area contributed by atoms with E-state index >= 15 is 0 Å². The third-order valence-corrected chi connectivity index (χ3v) is 3.94. The van der Waals surface area contributed by atoms with Gasteiger partial charge in [-0.2, -0.15) is 0 Å². The molecule has 23 heavy (non-hydrogen) atoms. The Hall–Kier alpha value is -2.31. The van der Waals surface area contributed by atoms with Crippen molar-refractivity contribution in [1.29, 1.82) is 0 Å². The van der Waals surface area contributed by atoms with Gasteiger partial charge < -0.3 is 20.4 Å². The maximum atomic E-state index is 13.2. The van der Waals surface area contributed by atoms with Crippen LogP contribution in [0.25, 0.3) is 0 Å². The van der Waals surface area contributed by atoms with Crippen LogP contribution in [0.1, 0.15) is 12.8 Å². The Labute approximate surface area is 135 Å². The molecule has 2 rings (SSSR count). The summed E-state index contributed by atoms with van der Waals surface area (Å²) in [5.41, 5.74) is 0.800. The molecular weight excluding hydrogens is 299 g/mol. The molecule has 0 aromatic heterocycles. The van der Waals surface area contributed by atoms with Crippen molar-refractivity contribution in [2.75, 3.05) is 38.6 Å². The lowest BCUT2D eigenvalue weighted by Gasteiger charge is -2.19. The Morgan fingerprint density at radius 2 is 2.26 bits per heavy atom. The van der Waals surface area contributed by atoms with E-state index in [-0.39, 0.29) is 17.8 Å². The Balaban J connectivity index is 1.65. The number of hydrogen-bond acceptors (Lipinski definition) is 3. The number of halogens is 1. The van der Waals surface area contributed by atoms with E-state index in [0.29, 0.717) is 26.1 Å². The summed E-state index contributed by atoms with van der Waals surface area (Å²) in [4.78, 5) is 27.0. The fraction of sp³-hybridized carbons (Fsp3) is 0.500. The molecule has 1 atom stereocenters. The number of carbonyl (C=O) groups excluding carboxylic acids is 2. The van der Waals surface area contributed by atoms with Gasteiger partial charge in [-0.3, -0.25) is 4.79 Å². The molecule has 0 radical (unpaired) electrons. The number of likely N-dealkylation sites (tertiary alicyclic amines) is 1. The maximum absolute atomic E-state index is 13.2. The van der Waals surface area contributed by atoms with Gasteiger partial charge in [0.25, 0.3) is 0 Å². The van der Waals surface area contributed by atoms with Crippen LogP contribution in [0.15, 0.2) is 24.3 Å². The van der Waals surface area contributed by atoms with Crippen molar-refractivity contribution in [3.8, 4) is 0 Å². The fourth-order valence-electron chi connectivity index (χ4n) is 2.53. The van der Waals surface area contributed by atoms with Gasteiger partial charge in [-0.1, -0.05) is 6.07 Å². The van der Waals surface area contributed by atoms with Crippen LogP contribution >= 0.6 is 0 Å². The number of benzene rings is 1. The molecule has 1 fully saturated rings. The second-order valence-corrected chi connectivity index (χ2v) is 5.76.